The van der Waals surface area contributed by atoms with Crippen molar-refractivity contribution < 1.29 is 8.42 Å². The van der Waals surface area contributed by atoms with E-state index in [1.54, 1.807) is 12.1 Å². The number of hydrogen-bond donors (Lipinski definition) is 1. The molecule has 0 aliphatic heterocycles. The summed E-state index contributed by atoms with van der Waals surface area (Å²) in [5.74, 6) is 0.702. The molecule has 1 heterocycles. The monoisotopic (exact) mass is 295 g/mol. The highest BCUT2D eigenvalue weighted by Crippen LogP contribution is 2.21. The van der Waals surface area contributed by atoms with Gasteiger partial charge in [-0.1, -0.05) is 13.8 Å². The minimum atomic E-state index is -3.41. The van der Waals surface area contributed by atoms with Crippen LogP contribution in [0.1, 0.15) is 25.1 Å². The van der Waals surface area contributed by atoms with Crippen LogP contribution in [0.5, 0.6) is 0 Å². The molecule has 0 amide bonds. The Labute approximate surface area is 112 Å². The Morgan fingerprint density at radius 3 is 2.47 bits per heavy atom. The average molecular weight is 296 g/mol. The predicted molar refractivity (Wildman–Crippen MR) is 73.3 cm³/mol. The summed E-state index contributed by atoms with van der Waals surface area (Å²) in [5, 5.41) is 0. The first kappa shape index (κ1) is 15.0. The van der Waals surface area contributed by atoms with Crippen molar-refractivity contribution in [2.24, 2.45) is 5.92 Å². The highest BCUT2D eigenvalue weighted by molar-refractivity contribution is 7.91. The summed E-state index contributed by atoms with van der Waals surface area (Å²) < 4.78 is 27.1. The molecule has 1 unspecified atom stereocenters. The molecule has 3 nitrogen and oxygen atoms in total. The lowest BCUT2D eigenvalue weighted by Crippen LogP contribution is -2.36. The largest absolute Gasteiger partial charge is 0.250 e. The SMILES string of the molecule is Cc1ccc(S(=O)(=O)NC(CCl)CC(C)C)s1. The summed E-state index contributed by atoms with van der Waals surface area (Å²) >= 11 is 7.06. The van der Waals surface area contributed by atoms with Crippen molar-refractivity contribution in [2.75, 3.05) is 5.88 Å². The van der Waals surface area contributed by atoms with Crippen LogP contribution in [0.15, 0.2) is 16.3 Å². The minimum absolute atomic E-state index is 0.205. The van der Waals surface area contributed by atoms with E-state index in [0.717, 1.165) is 11.3 Å². The molecule has 1 aromatic heterocycles. The second-order valence-corrected chi connectivity index (χ2v) is 8.00. The Morgan fingerprint density at radius 1 is 1.41 bits per heavy atom. The van der Waals surface area contributed by atoms with Crippen LogP contribution >= 0.6 is 22.9 Å². The summed E-state index contributed by atoms with van der Waals surface area (Å²) in [5.41, 5.74) is 0. The molecule has 0 saturated carbocycles. The molecule has 0 saturated heterocycles. The average Bonchev–Trinajstić information content (AvgIpc) is 2.63. The third-order valence-electron chi connectivity index (χ3n) is 2.24. The predicted octanol–water partition coefficient (Wildman–Crippen LogP) is 2.99. The molecule has 17 heavy (non-hydrogen) atoms. The Morgan fingerprint density at radius 2 is 2.06 bits per heavy atom. The Bertz CT molecular complexity index is 454. The number of rotatable bonds is 6. The van der Waals surface area contributed by atoms with Gasteiger partial charge in [0, 0.05) is 16.8 Å². The van der Waals surface area contributed by atoms with Crippen molar-refractivity contribution in [3.05, 3.63) is 17.0 Å². The van der Waals surface area contributed by atoms with E-state index in [-0.39, 0.29) is 6.04 Å². The summed E-state index contributed by atoms with van der Waals surface area (Å²) in [6.07, 6.45) is 0.743. The van der Waals surface area contributed by atoms with Gasteiger partial charge in [0.1, 0.15) is 4.21 Å². The van der Waals surface area contributed by atoms with Gasteiger partial charge in [-0.05, 0) is 31.4 Å². The summed E-state index contributed by atoms with van der Waals surface area (Å²) in [6, 6.07) is 3.23. The molecule has 98 valence electrons. The van der Waals surface area contributed by atoms with Gasteiger partial charge < -0.3 is 0 Å². The number of nitrogens with one attached hydrogen (secondary N) is 1. The Balaban J connectivity index is 2.78. The van der Waals surface area contributed by atoms with Crippen LogP contribution < -0.4 is 4.72 Å². The van der Waals surface area contributed by atoms with E-state index < -0.39 is 10.0 Å². The summed E-state index contributed by atoms with van der Waals surface area (Å²) in [7, 11) is -3.41. The first-order valence-electron chi connectivity index (χ1n) is 5.50. The van der Waals surface area contributed by atoms with Gasteiger partial charge in [-0.2, -0.15) is 0 Å². The van der Waals surface area contributed by atoms with E-state index in [1.807, 2.05) is 20.8 Å². The lowest BCUT2D eigenvalue weighted by Gasteiger charge is -2.17. The van der Waals surface area contributed by atoms with Gasteiger partial charge >= 0.3 is 0 Å². The fourth-order valence-corrected chi connectivity index (χ4v) is 4.39. The van der Waals surface area contributed by atoms with Crippen molar-refractivity contribution in [3.63, 3.8) is 0 Å². The number of sulfonamides is 1. The first-order valence-corrected chi connectivity index (χ1v) is 8.33. The van der Waals surface area contributed by atoms with Gasteiger partial charge in [-0.25, -0.2) is 13.1 Å². The van der Waals surface area contributed by atoms with E-state index >= 15 is 0 Å². The molecule has 0 aliphatic rings. The summed E-state index contributed by atoms with van der Waals surface area (Å²) in [6.45, 7) is 5.98. The van der Waals surface area contributed by atoms with Crippen LogP contribution in [0.25, 0.3) is 0 Å². The van der Waals surface area contributed by atoms with Gasteiger partial charge in [-0.15, -0.1) is 22.9 Å². The highest BCUT2D eigenvalue weighted by Gasteiger charge is 2.21. The maximum atomic E-state index is 12.0. The molecule has 0 aliphatic carbocycles. The molecule has 0 fully saturated rings. The zero-order valence-corrected chi connectivity index (χ0v) is 12.6. The second-order valence-electron chi connectivity index (χ2n) is 4.47. The minimum Gasteiger partial charge on any atom is -0.206 e. The topological polar surface area (TPSA) is 46.2 Å². The van der Waals surface area contributed by atoms with Crippen LogP contribution in [-0.4, -0.2) is 20.3 Å². The first-order chi connectivity index (χ1) is 7.85. The molecule has 0 aromatic carbocycles. The lowest BCUT2D eigenvalue weighted by molar-refractivity contribution is 0.486. The van der Waals surface area contributed by atoms with Gasteiger partial charge in [0.15, 0.2) is 0 Å². The summed E-state index contributed by atoms with van der Waals surface area (Å²) in [4.78, 5) is 0.983. The quantitative estimate of drug-likeness (QED) is 0.820. The Hall–Kier alpha value is -0.100. The number of halogens is 1. The third kappa shape index (κ3) is 4.58. The third-order valence-corrected chi connectivity index (χ3v) is 5.63. The van der Waals surface area contributed by atoms with Crippen molar-refractivity contribution in [3.8, 4) is 0 Å². The standard InChI is InChI=1S/C11H18ClNO2S2/c1-8(2)6-10(7-12)13-17(14,15)11-5-4-9(3)16-11/h4-5,8,10,13H,6-7H2,1-3H3. The zero-order chi connectivity index (χ0) is 13.1. The van der Waals surface area contributed by atoms with Gasteiger partial charge in [-0.3, -0.25) is 0 Å². The maximum Gasteiger partial charge on any atom is 0.250 e. The molecular weight excluding hydrogens is 278 g/mol. The number of hydrogen-bond acceptors (Lipinski definition) is 3. The van der Waals surface area contributed by atoms with Crippen LogP contribution in [0, 0.1) is 12.8 Å². The van der Waals surface area contributed by atoms with E-state index in [4.69, 9.17) is 11.6 Å². The number of thiophene rings is 1. The second kappa shape index (κ2) is 6.18. The van der Waals surface area contributed by atoms with Crippen LogP contribution in [0.4, 0.5) is 0 Å². The van der Waals surface area contributed by atoms with Crippen molar-refractivity contribution in [1.82, 2.24) is 4.72 Å². The van der Waals surface area contributed by atoms with E-state index in [9.17, 15) is 8.42 Å². The molecule has 0 radical (unpaired) electrons. The van der Waals surface area contributed by atoms with Crippen LogP contribution in [-0.2, 0) is 10.0 Å². The van der Waals surface area contributed by atoms with Gasteiger partial charge in [0.2, 0.25) is 10.0 Å². The van der Waals surface area contributed by atoms with Gasteiger partial charge in [0.05, 0.1) is 0 Å². The van der Waals surface area contributed by atoms with E-state index in [1.165, 1.54) is 11.3 Å². The highest BCUT2D eigenvalue weighted by atomic mass is 35.5. The Kier molecular flexibility index (Phi) is 5.44. The van der Waals surface area contributed by atoms with Gasteiger partial charge in [0.25, 0.3) is 0 Å². The molecule has 1 aromatic rings. The van der Waals surface area contributed by atoms with E-state index in [0.29, 0.717) is 16.0 Å². The normalized spacial score (nSPS) is 14.2. The fraction of sp³-hybridized carbons (Fsp3) is 0.636. The smallest absolute Gasteiger partial charge is 0.206 e. The van der Waals surface area contributed by atoms with Crippen molar-refractivity contribution in [1.29, 1.82) is 0 Å². The van der Waals surface area contributed by atoms with Crippen LogP contribution in [0.2, 0.25) is 0 Å². The van der Waals surface area contributed by atoms with Crippen LogP contribution in [0.3, 0.4) is 0 Å². The molecule has 6 heteroatoms. The number of alkyl halides is 1. The molecule has 0 spiro atoms. The van der Waals surface area contributed by atoms with Crippen molar-refractivity contribution >= 4 is 33.0 Å². The zero-order valence-electron chi connectivity index (χ0n) is 10.2. The lowest BCUT2D eigenvalue weighted by atomic mass is 10.1. The molecular formula is C11H18ClNO2S2. The molecule has 1 atom stereocenters. The van der Waals surface area contributed by atoms with E-state index in [2.05, 4.69) is 4.72 Å². The molecule has 1 rings (SSSR count). The maximum absolute atomic E-state index is 12.0. The molecule has 0 bridgehead atoms. The van der Waals surface area contributed by atoms with Crippen molar-refractivity contribution in [2.45, 2.75) is 37.4 Å². The number of aryl methyl sites for hydroxylation is 1. The molecule has 1 N–H and O–H groups in total. The fourth-order valence-electron chi connectivity index (χ4n) is 1.55.